The number of nitrogens with zero attached hydrogens (tertiary/aromatic N) is 6. The molecule has 170 valence electrons. The van der Waals surface area contributed by atoms with E-state index in [4.69, 9.17) is 26.8 Å². The van der Waals surface area contributed by atoms with Gasteiger partial charge in [-0.15, -0.1) is 0 Å². The lowest BCUT2D eigenvalue weighted by atomic mass is 10.2. The van der Waals surface area contributed by atoms with Crippen LogP contribution < -0.4 is 9.64 Å². The van der Waals surface area contributed by atoms with Crippen LogP contribution in [0.4, 0.5) is 5.69 Å². The number of pyridine rings is 1. The highest BCUT2D eigenvalue weighted by Gasteiger charge is 2.21. The fourth-order valence-electron chi connectivity index (χ4n) is 4.03. The van der Waals surface area contributed by atoms with Crippen molar-refractivity contribution >= 4 is 17.9 Å². The molecule has 0 N–H and O–H groups in total. The molecule has 8 nitrogen and oxygen atoms in total. The number of anilines is 1. The molecule has 0 bridgehead atoms. The molecule has 1 aromatic carbocycles. The first kappa shape index (κ1) is 22.4. The van der Waals surface area contributed by atoms with Crippen molar-refractivity contribution in [1.29, 1.82) is 0 Å². The van der Waals surface area contributed by atoms with Crippen molar-refractivity contribution in [2.75, 3.05) is 51.9 Å². The molecule has 1 aliphatic heterocycles. The molecule has 32 heavy (non-hydrogen) atoms. The van der Waals surface area contributed by atoms with Gasteiger partial charge in [0.25, 0.3) is 0 Å². The number of ether oxygens (including phenoxy) is 2. The Bertz CT molecular complexity index is 1060. The highest BCUT2D eigenvalue weighted by molar-refractivity contribution is 7.71. The second-order valence-corrected chi connectivity index (χ2v) is 8.12. The molecule has 0 amide bonds. The van der Waals surface area contributed by atoms with E-state index in [9.17, 15) is 0 Å². The predicted octanol–water partition coefficient (Wildman–Crippen LogP) is 3.30. The Morgan fingerprint density at radius 3 is 2.47 bits per heavy atom. The molecule has 0 aliphatic carbocycles. The van der Waals surface area contributed by atoms with Crippen molar-refractivity contribution in [3.63, 3.8) is 0 Å². The highest BCUT2D eigenvalue weighted by Crippen LogP contribution is 2.28. The Hall–Kier alpha value is -2.75. The summed E-state index contributed by atoms with van der Waals surface area (Å²) in [7, 11) is 3.44. The van der Waals surface area contributed by atoms with Crippen LogP contribution in [0.1, 0.15) is 6.42 Å². The third-order valence-corrected chi connectivity index (χ3v) is 6.15. The summed E-state index contributed by atoms with van der Waals surface area (Å²) in [6, 6.07) is 12.1. The van der Waals surface area contributed by atoms with Gasteiger partial charge in [0.05, 0.1) is 19.5 Å². The van der Waals surface area contributed by atoms with Crippen LogP contribution in [0, 0.1) is 4.77 Å². The molecule has 9 heteroatoms. The van der Waals surface area contributed by atoms with Gasteiger partial charge in [-0.25, -0.2) is 4.68 Å². The van der Waals surface area contributed by atoms with Crippen molar-refractivity contribution in [2.45, 2.75) is 19.6 Å². The van der Waals surface area contributed by atoms with Gasteiger partial charge in [0, 0.05) is 64.4 Å². The molecule has 0 atom stereocenters. The van der Waals surface area contributed by atoms with Gasteiger partial charge in [-0.1, -0.05) is 12.1 Å². The normalized spacial score (nSPS) is 14.6. The third kappa shape index (κ3) is 5.01. The molecule has 0 saturated carbocycles. The summed E-state index contributed by atoms with van der Waals surface area (Å²) < 4.78 is 15.6. The lowest BCUT2D eigenvalue weighted by Crippen LogP contribution is -2.47. The van der Waals surface area contributed by atoms with E-state index in [1.807, 2.05) is 28.9 Å². The first-order chi connectivity index (χ1) is 15.7. The van der Waals surface area contributed by atoms with Crippen molar-refractivity contribution in [2.24, 2.45) is 0 Å². The van der Waals surface area contributed by atoms with Gasteiger partial charge in [-0.05, 0) is 42.9 Å². The van der Waals surface area contributed by atoms with Gasteiger partial charge in [-0.3, -0.25) is 14.5 Å². The molecule has 3 heterocycles. The van der Waals surface area contributed by atoms with E-state index in [-0.39, 0.29) is 0 Å². The van der Waals surface area contributed by atoms with Crippen LogP contribution in [0.5, 0.6) is 5.75 Å². The van der Waals surface area contributed by atoms with Crippen molar-refractivity contribution in [3.05, 3.63) is 53.6 Å². The molecular weight excluding hydrogens is 424 g/mol. The molecule has 1 fully saturated rings. The summed E-state index contributed by atoms with van der Waals surface area (Å²) in [4.78, 5) is 8.90. The molecule has 1 saturated heterocycles. The third-order valence-electron chi connectivity index (χ3n) is 5.72. The number of piperazine rings is 1. The van der Waals surface area contributed by atoms with E-state index in [1.54, 1.807) is 26.6 Å². The van der Waals surface area contributed by atoms with Gasteiger partial charge in [0.2, 0.25) is 0 Å². The van der Waals surface area contributed by atoms with Crippen LogP contribution in [0.25, 0.3) is 11.4 Å². The van der Waals surface area contributed by atoms with Crippen molar-refractivity contribution in [3.8, 4) is 17.1 Å². The number of benzene rings is 1. The Balaban J connectivity index is 1.48. The first-order valence-electron chi connectivity index (χ1n) is 10.9. The fourth-order valence-corrected chi connectivity index (χ4v) is 4.30. The van der Waals surface area contributed by atoms with Crippen LogP contribution in [-0.2, 0) is 18.0 Å². The standard InChI is InChI=1S/C23H30N6O2S/c1-30-17-5-12-28-22(19-8-10-24-11-9-19)25-29(23(28)32)18-26-13-15-27(16-14-26)20-6-3-4-7-21(20)31-2/h3-4,6-11H,5,12-18H2,1-2H3. The first-order valence-corrected chi connectivity index (χ1v) is 11.3. The Labute approximate surface area is 194 Å². The number of hydrogen-bond acceptors (Lipinski definition) is 7. The van der Waals surface area contributed by atoms with Crippen LogP contribution in [0.2, 0.25) is 0 Å². The smallest absolute Gasteiger partial charge is 0.199 e. The molecule has 4 rings (SSSR count). The Morgan fingerprint density at radius 2 is 1.75 bits per heavy atom. The summed E-state index contributed by atoms with van der Waals surface area (Å²) in [5, 5.41) is 4.89. The zero-order valence-corrected chi connectivity index (χ0v) is 19.5. The molecule has 0 radical (unpaired) electrons. The maximum absolute atomic E-state index is 5.82. The molecule has 3 aromatic rings. The molecular formula is C23H30N6O2S. The summed E-state index contributed by atoms with van der Waals surface area (Å²) >= 11 is 5.82. The van der Waals surface area contributed by atoms with E-state index < -0.39 is 0 Å². The van der Waals surface area contributed by atoms with Crippen LogP contribution >= 0.6 is 12.2 Å². The van der Waals surface area contributed by atoms with Crippen LogP contribution in [0.3, 0.4) is 0 Å². The average Bonchev–Trinajstić information content (AvgIpc) is 3.15. The molecule has 1 aliphatic rings. The number of aromatic nitrogens is 4. The topological polar surface area (TPSA) is 60.6 Å². The Kier molecular flexibility index (Phi) is 7.51. The molecule has 0 unspecified atom stereocenters. The van der Waals surface area contributed by atoms with E-state index in [1.165, 1.54) is 0 Å². The monoisotopic (exact) mass is 454 g/mol. The average molecular weight is 455 g/mol. The van der Waals surface area contributed by atoms with E-state index >= 15 is 0 Å². The second kappa shape index (κ2) is 10.7. The maximum atomic E-state index is 5.82. The van der Waals surface area contributed by atoms with Crippen LogP contribution in [-0.4, -0.2) is 71.2 Å². The zero-order valence-electron chi connectivity index (χ0n) is 18.7. The van der Waals surface area contributed by atoms with E-state index in [2.05, 4.69) is 31.5 Å². The SMILES string of the molecule is COCCCn1c(-c2ccncc2)nn(CN2CCN(c3ccccc3OC)CC2)c1=S. The number of methoxy groups -OCH3 is 2. The zero-order chi connectivity index (χ0) is 22.3. The number of rotatable bonds is 9. The van der Waals surface area contributed by atoms with Crippen molar-refractivity contribution < 1.29 is 9.47 Å². The Morgan fingerprint density at radius 1 is 1.00 bits per heavy atom. The fraction of sp³-hybridized carbons (Fsp3) is 0.435. The summed E-state index contributed by atoms with van der Waals surface area (Å²) in [5.74, 6) is 1.79. The van der Waals surface area contributed by atoms with Gasteiger partial charge in [0.1, 0.15) is 5.75 Å². The van der Waals surface area contributed by atoms with Gasteiger partial charge in [-0.2, -0.15) is 5.10 Å². The largest absolute Gasteiger partial charge is 0.495 e. The van der Waals surface area contributed by atoms with Crippen molar-refractivity contribution in [1.82, 2.24) is 24.2 Å². The quantitative estimate of drug-likeness (QED) is 0.363. The van der Waals surface area contributed by atoms with E-state index in [0.717, 1.165) is 66.7 Å². The minimum atomic E-state index is 0.675. The highest BCUT2D eigenvalue weighted by atomic mass is 32.1. The summed E-state index contributed by atoms with van der Waals surface area (Å²) in [6.45, 7) is 5.86. The number of hydrogen-bond donors (Lipinski definition) is 0. The maximum Gasteiger partial charge on any atom is 0.199 e. The van der Waals surface area contributed by atoms with E-state index in [0.29, 0.717) is 13.3 Å². The predicted molar refractivity (Wildman–Crippen MR) is 128 cm³/mol. The summed E-state index contributed by atoms with van der Waals surface area (Å²) in [5.41, 5.74) is 2.16. The minimum absolute atomic E-state index is 0.675. The molecule has 2 aromatic heterocycles. The van der Waals surface area contributed by atoms with Crippen LogP contribution in [0.15, 0.2) is 48.8 Å². The number of para-hydroxylation sites is 2. The van der Waals surface area contributed by atoms with Gasteiger partial charge in [0.15, 0.2) is 10.6 Å². The lowest BCUT2D eigenvalue weighted by molar-refractivity contribution is 0.188. The minimum Gasteiger partial charge on any atom is -0.495 e. The lowest BCUT2D eigenvalue weighted by Gasteiger charge is -2.36. The van der Waals surface area contributed by atoms with Gasteiger partial charge >= 0.3 is 0 Å². The van der Waals surface area contributed by atoms with Gasteiger partial charge < -0.3 is 14.4 Å². The molecule has 0 spiro atoms. The second-order valence-electron chi connectivity index (χ2n) is 7.76. The summed E-state index contributed by atoms with van der Waals surface area (Å²) in [6.07, 6.45) is 4.45.